The lowest BCUT2D eigenvalue weighted by Crippen LogP contribution is -2.15. The van der Waals surface area contributed by atoms with Crippen LogP contribution in [0.3, 0.4) is 0 Å². The fourth-order valence-corrected chi connectivity index (χ4v) is 1.58. The fourth-order valence-electron chi connectivity index (χ4n) is 1.39. The lowest BCUT2D eigenvalue weighted by molar-refractivity contribution is 0.611. The van der Waals surface area contributed by atoms with Gasteiger partial charge in [0.25, 0.3) is 0 Å². The molecule has 0 aromatic heterocycles. The second-order valence-corrected chi connectivity index (χ2v) is 3.93. The second-order valence-electron chi connectivity index (χ2n) is 3.55. The molecule has 0 aliphatic rings. The summed E-state index contributed by atoms with van der Waals surface area (Å²) in [5.74, 6) is 2.23. The van der Waals surface area contributed by atoms with Crippen molar-refractivity contribution in [3.8, 4) is 12.3 Å². The van der Waals surface area contributed by atoms with Gasteiger partial charge < -0.3 is 5.32 Å². The van der Waals surface area contributed by atoms with Gasteiger partial charge in [0.1, 0.15) is 5.82 Å². The number of hydrogen-bond acceptors (Lipinski definition) is 1. The highest BCUT2D eigenvalue weighted by Gasteiger charge is 2.04. The molecule has 86 valence electrons. The summed E-state index contributed by atoms with van der Waals surface area (Å²) in [4.78, 5) is 0. The van der Waals surface area contributed by atoms with Crippen LogP contribution in [0.1, 0.15) is 24.8 Å². The predicted octanol–water partition coefficient (Wildman–Crippen LogP) is 3.37. The van der Waals surface area contributed by atoms with Gasteiger partial charge in [-0.15, -0.1) is 12.3 Å². The summed E-state index contributed by atoms with van der Waals surface area (Å²) in [6.07, 6.45) is 7.99. The lowest BCUT2D eigenvalue weighted by atomic mass is 10.2. The summed E-state index contributed by atoms with van der Waals surface area (Å²) in [6, 6.07) is 4.84. The van der Waals surface area contributed by atoms with Crippen molar-refractivity contribution in [3.63, 3.8) is 0 Å². The number of halogens is 2. The van der Waals surface area contributed by atoms with Crippen molar-refractivity contribution < 1.29 is 4.39 Å². The van der Waals surface area contributed by atoms with Gasteiger partial charge in [-0.3, -0.25) is 0 Å². The molecule has 3 heteroatoms. The minimum Gasteiger partial charge on any atom is -0.313 e. The van der Waals surface area contributed by atoms with E-state index in [2.05, 4.69) is 11.2 Å². The smallest absolute Gasteiger partial charge is 0.142 e. The van der Waals surface area contributed by atoms with Crippen molar-refractivity contribution in [3.05, 3.63) is 34.6 Å². The molecule has 0 saturated carbocycles. The molecule has 1 N–H and O–H groups in total. The largest absolute Gasteiger partial charge is 0.313 e. The Kier molecular flexibility index (Phi) is 5.92. The Labute approximate surface area is 101 Å². The van der Waals surface area contributed by atoms with Crippen LogP contribution in [0, 0.1) is 18.2 Å². The number of nitrogens with one attached hydrogen (secondary N) is 1. The maximum absolute atomic E-state index is 13.1. The molecule has 0 amide bonds. The van der Waals surface area contributed by atoms with Crippen LogP contribution in [0.5, 0.6) is 0 Å². The molecule has 1 aromatic carbocycles. The molecule has 1 rings (SSSR count). The SMILES string of the molecule is C#CCCCCNCc1cccc(F)c1Cl. The first-order valence-electron chi connectivity index (χ1n) is 5.32. The maximum Gasteiger partial charge on any atom is 0.142 e. The zero-order chi connectivity index (χ0) is 11.8. The molecular weight excluding hydrogens is 225 g/mol. The van der Waals surface area contributed by atoms with E-state index >= 15 is 0 Å². The standard InChI is InChI=1S/C13H15ClFN/c1-2-3-4-5-9-16-10-11-7-6-8-12(15)13(11)14/h1,6-8,16H,3-5,9-10H2. The number of hydrogen-bond donors (Lipinski definition) is 1. The van der Waals surface area contributed by atoms with E-state index in [-0.39, 0.29) is 10.8 Å². The number of benzene rings is 1. The van der Waals surface area contributed by atoms with Gasteiger partial charge in [0.15, 0.2) is 0 Å². The summed E-state index contributed by atoms with van der Waals surface area (Å²) >= 11 is 5.81. The third-order valence-electron chi connectivity index (χ3n) is 2.27. The van der Waals surface area contributed by atoms with Crippen molar-refractivity contribution in [1.82, 2.24) is 5.32 Å². The van der Waals surface area contributed by atoms with Crippen molar-refractivity contribution >= 4 is 11.6 Å². The van der Waals surface area contributed by atoms with E-state index in [1.807, 2.05) is 6.07 Å². The Morgan fingerprint density at radius 3 is 2.94 bits per heavy atom. The monoisotopic (exact) mass is 239 g/mol. The normalized spacial score (nSPS) is 10.1. The summed E-state index contributed by atoms with van der Waals surface area (Å²) in [5, 5.41) is 3.42. The molecule has 0 radical (unpaired) electrons. The second kappa shape index (κ2) is 7.27. The van der Waals surface area contributed by atoms with Crippen molar-refractivity contribution in [1.29, 1.82) is 0 Å². The molecule has 1 nitrogen and oxygen atoms in total. The Hall–Kier alpha value is -1.04. The first-order valence-corrected chi connectivity index (χ1v) is 5.70. The highest BCUT2D eigenvalue weighted by molar-refractivity contribution is 6.31. The lowest BCUT2D eigenvalue weighted by Gasteiger charge is -2.06. The molecular formula is C13H15ClFN. The van der Waals surface area contributed by atoms with E-state index in [0.29, 0.717) is 6.54 Å². The van der Waals surface area contributed by atoms with Crippen LogP contribution in [-0.4, -0.2) is 6.54 Å². The van der Waals surface area contributed by atoms with E-state index in [0.717, 1.165) is 31.4 Å². The highest BCUT2D eigenvalue weighted by atomic mass is 35.5. The van der Waals surface area contributed by atoms with Crippen LogP contribution < -0.4 is 5.32 Å². The van der Waals surface area contributed by atoms with Crippen LogP contribution in [-0.2, 0) is 6.54 Å². The van der Waals surface area contributed by atoms with Crippen molar-refractivity contribution in [2.75, 3.05) is 6.54 Å². The van der Waals surface area contributed by atoms with Gasteiger partial charge in [0.05, 0.1) is 5.02 Å². The van der Waals surface area contributed by atoms with E-state index in [1.54, 1.807) is 6.07 Å². The molecule has 0 aliphatic heterocycles. The zero-order valence-corrected chi connectivity index (χ0v) is 9.86. The quantitative estimate of drug-likeness (QED) is 0.593. The van der Waals surface area contributed by atoms with E-state index in [4.69, 9.17) is 18.0 Å². The molecule has 0 atom stereocenters. The number of unbranched alkanes of at least 4 members (excludes halogenated alkanes) is 2. The van der Waals surface area contributed by atoms with Crippen LogP contribution in [0.2, 0.25) is 5.02 Å². The van der Waals surface area contributed by atoms with Crippen molar-refractivity contribution in [2.45, 2.75) is 25.8 Å². The molecule has 0 fully saturated rings. The molecule has 0 heterocycles. The topological polar surface area (TPSA) is 12.0 Å². The zero-order valence-electron chi connectivity index (χ0n) is 9.10. The molecule has 0 bridgehead atoms. The Bertz CT molecular complexity index is 371. The predicted molar refractivity (Wildman–Crippen MR) is 65.8 cm³/mol. The van der Waals surface area contributed by atoms with Gasteiger partial charge in [0.2, 0.25) is 0 Å². The van der Waals surface area contributed by atoms with E-state index in [9.17, 15) is 4.39 Å². The minimum atomic E-state index is -0.367. The van der Waals surface area contributed by atoms with Crippen LogP contribution in [0.25, 0.3) is 0 Å². The summed E-state index contributed by atoms with van der Waals surface area (Å²) < 4.78 is 13.1. The van der Waals surface area contributed by atoms with Gasteiger partial charge in [0, 0.05) is 13.0 Å². The minimum absolute atomic E-state index is 0.207. The Morgan fingerprint density at radius 1 is 1.38 bits per heavy atom. The molecule has 1 aromatic rings. The average Bonchev–Trinajstić information content (AvgIpc) is 2.29. The van der Waals surface area contributed by atoms with Gasteiger partial charge in [-0.1, -0.05) is 23.7 Å². The Balaban J connectivity index is 2.27. The van der Waals surface area contributed by atoms with Crippen LogP contribution in [0.4, 0.5) is 4.39 Å². The van der Waals surface area contributed by atoms with Crippen LogP contribution >= 0.6 is 11.6 Å². The van der Waals surface area contributed by atoms with Crippen LogP contribution in [0.15, 0.2) is 18.2 Å². The molecule has 16 heavy (non-hydrogen) atoms. The third-order valence-corrected chi connectivity index (χ3v) is 2.69. The molecule has 0 unspecified atom stereocenters. The van der Waals surface area contributed by atoms with E-state index < -0.39 is 0 Å². The van der Waals surface area contributed by atoms with Gasteiger partial charge in [-0.05, 0) is 31.0 Å². The number of terminal acetylenes is 1. The van der Waals surface area contributed by atoms with Gasteiger partial charge in [-0.25, -0.2) is 4.39 Å². The van der Waals surface area contributed by atoms with Crippen molar-refractivity contribution in [2.24, 2.45) is 0 Å². The first kappa shape index (κ1) is 13.0. The Morgan fingerprint density at radius 2 is 2.19 bits per heavy atom. The summed E-state index contributed by atoms with van der Waals surface area (Å²) in [6.45, 7) is 1.46. The molecule has 0 saturated heterocycles. The molecule has 0 aliphatic carbocycles. The summed E-state index contributed by atoms with van der Waals surface area (Å²) in [7, 11) is 0. The first-order chi connectivity index (χ1) is 7.75. The highest BCUT2D eigenvalue weighted by Crippen LogP contribution is 2.19. The number of rotatable bonds is 6. The van der Waals surface area contributed by atoms with Gasteiger partial charge >= 0.3 is 0 Å². The third kappa shape index (κ3) is 4.22. The average molecular weight is 240 g/mol. The van der Waals surface area contributed by atoms with Gasteiger partial charge in [-0.2, -0.15) is 0 Å². The summed E-state index contributed by atoms with van der Waals surface area (Å²) in [5.41, 5.74) is 0.790. The van der Waals surface area contributed by atoms with E-state index in [1.165, 1.54) is 6.07 Å². The fraction of sp³-hybridized carbons (Fsp3) is 0.385. The molecule has 0 spiro atoms. The maximum atomic E-state index is 13.1.